The summed E-state index contributed by atoms with van der Waals surface area (Å²) in [5.74, 6) is -0.370. The summed E-state index contributed by atoms with van der Waals surface area (Å²) < 4.78 is 6.53. The molecule has 0 aromatic carbocycles. The van der Waals surface area contributed by atoms with Gasteiger partial charge in [-0.3, -0.25) is 4.79 Å². The second kappa shape index (κ2) is 7.85. The van der Waals surface area contributed by atoms with Crippen molar-refractivity contribution < 1.29 is 14.5 Å². The van der Waals surface area contributed by atoms with E-state index in [0.29, 0.717) is 24.2 Å². The van der Waals surface area contributed by atoms with E-state index in [-0.39, 0.29) is 18.1 Å². The molecule has 0 saturated carbocycles. The van der Waals surface area contributed by atoms with Crippen LogP contribution in [0.1, 0.15) is 12.8 Å². The van der Waals surface area contributed by atoms with E-state index in [1.165, 1.54) is 10.9 Å². The molecule has 1 heterocycles. The molecule has 0 aliphatic rings. The van der Waals surface area contributed by atoms with Crippen molar-refractivity contribution >= 4 is 27.7 Å². The molecule has 0 fully saturated rings. The van der Waals surface area contributed by atoms with Crippen LogP contribution in [0, 0.1) is 10.1 Å². The zero-order valence-electron chi connectivity index (χ0n) is 10.5. The first-order valence-corrected chi connectivity index (χ1v) is 6.47. The minimum Gasteiger partial charge on any atom is -0.385 e. The molecule has 1 N–H and O–H groups in total. The SMILES string of the molecule is COCCCNC(=O)CCn1cc(Br)c([N+](=O)[O-])n1. The highest BCUT2D eigenvalue weighted by Gasteiger charge is 2.18. The van der Waals surface area contributed by atoms with Gasteiger partial charge in [-0.1, -0.05) is 0 Å². The zero-order valence-corrected chi connectivity index (χ0v) is 12.1. The predicted molar refractivity (Wildman–Crippen MR) is 70.7 cm³/mol. The van der Waals surface area contributed by atoms with Gasteiger partial charge in [0.15, 0.2) is 0 Å². The predicted octanol–water partition coefficient (Wildman–Crippen LogP) is 1.10. The second-order valence-electron chi connectivity index (χ2n) is 3.77. The Morgan fingerprint density at radius 2 is 2.42 bits per heavy atom. The van der Waals surface area contributed by atoms with Gasteiger partial charge in [-0.2, -0.15) is 4.68 Å². The quantitative estimate of drug-likeness (QED) is 0.436. The third kappa shape index (κ3) is 5.35. The van der Waals surface area contributed by atoms with Crippen LogP contribution in [0.5, 0.6) is 0 Å². The normalized spacial score (nSPS) is 10.4. The van der Waals surface area contributed by atoms with Crippen LogP contribution in [-0.2, 0) is 16.1 Å². The Hall–Kier alpha value is -1.48. The highest BCUT2D eigenvalue weighted by Crippen LogP contribution is 2.21. The maximum Gasteiger partial charge on any atom is 0.404 e. The van der Waals surface area contributed by atoms with Gasteiger partial charge in [0.2, 0.25) is 5.91 Å². The topological polar surface area (TPSA) is 99.3 Å². The number of halogens is 1. The van der Waals surface area contributed by atoms with Gasteiger partial charge in [0.1, 0.15) is 4.47 Å². The number of methoxy groups -OCH3 is 1. The first-order chi connectivity index (χ1) is 9.04. The van der Waals surface area contributed by atoms with Gasteiger partial charge in [-0.25, -0.2) is 0 Å². The van der Waals surface area contributed by atoms with Crippen LogP contribution in [0.3, 0.4) is 0 Å². The van der Waals surface area contributed by atoms with Crippen LogP contribution < -0.4 is 5.32 Å². The molecule has 0 aliphatic heterocycles. The Kier molecular flexibility index (Phi) is 6.43. The van der Waals surface area contributed by atoms with Gasteiger partial charge in [0, 0.05) is 26.7 Å². The van der Waals surface area contributed by atoms with E-state index in [1.54, 1.807) is 7.11 Å². The average Bonchev–Trinajstić information content (AvgIpc) is 2.74. The van der Waals surface area contributed by atoms with Crippen LogP contribution in [0.4, 0.5) is 5.82 Å². The van der Waals surface area contributed by atoms with E-state index in [1.807, 2.05) is 0 Å². The molecule has 0 radical (unpaired) electrons. The summed E-state index contributed by atoms with van der Waals surface area (Å²) in [6.45, 7) is 1.44. The Labute approximate surface area is 118 Å². The van der Waals surface area contributed by atoms with E-state index in [2.05, 4.69) is 26.3 Å². The van der Waals surface area contributed by atoms with Crippen LogP contribution >= 0.6 is 15.9 Å². The number of aromatic nitrogens is 2. The van der Waals surface area contributed by atoms with Crippen molar-refractivity contribution in [3.05, 3.63) is 20.8 Å². The molecule has 1 aromatic rings. The first-order valence-electron chi connectivity index (χ1n) is 5.67. The first kappa shape index (κ1) is 15.6. The highest BCUT2D eigenvalue weighted by atomic mass is 79.9. The van der Waals surface area contributed by atoms with Crippen molar-refractivity contribution in [2.75, 3.05) is 20.3 Å². The van der Waals surface area contributed by atoms with Gasteiger partial charge < -0.3 is 20.2 Å². The largest absolute Gasteiger partial charge is 0.404 e. The summed E-state index contributed by atoms with van der Waals surface area (Å²) in [6, 6.07) is 0. The number of carbonyl (C=O) groups is 1. The summed E-state index contributed by atoms with van der Waals surface area (Å²) in [4.78, 5) is 21.5. The molecule has 0 unspecified atom stereocenters. The number of hydrogen-bond acceptors (Lipinski definition) is 5. The number of hydrogen-bond donors (Lipinski definition) is 1. The van der Waals surface area contributed by atoms with Crippen LogP contribution in [0.15, 0.2) is 10.7 Å². The Morgan fingerprint density at radius 1 is 1.68 bits per heavy atom. The molecular weight excluding hydrogens is 320 g/mol. The fourth-order valence-electron chi connectivity index (χ4n) is 1.37. The summed E-state index contributed by atoms with van der Waals surface area (Å²) in [7, 11) is 1.60. The summed E-state index contributed by atoms with van der Waals surface area (Å²) in [6.07, 6.45) is 2.45. The van der Waals surface area contributed by atoms with Crippen molar-refractivity contribution in [2.45, 2.75) is 19.4 Å². The van der Waals surface area contributed by atoms with Crippen LogP contribution in [0.2, 0.25) is 0 Å². The van der Waals surface area contributed by atoms with Crippen LogP contribution in [-0.4, -0.2) is 40.9 Å². The zero-order chi connectivity index (χ0) is 14.3. The number of nitro groups is 1. The monoisotopic (exact) mass is 334 g/mol. The summed E-state index contributed by atoms with van der Waals surface area (Å²) in [5, 5.41) is 17.1. The number of aryl methyl sites for hydroxylation is 1. The standard InChI is InChI=1S/C10H15BrN4O4/c1-19-6-2-4-12-9(16)3-5-14-7-8(11)10(13-14)15(17)18/h7H,2-6H2,1H3,(H,12,16). The molecule has 1 aromatic heterocycles. The van der Waals surface area contributed by atoms with Crippen molar-refractivity contribution in [2.24, 2.45) is 0 Å². The fraction of sp³-hybridized carbons (Fsp3) is 0.600. The number of nitrogens with zero attached hydrogens (tertiary/aromatic N) is 3. The number of nitrogens with one attached hydrogen (secondary N) is 1. The van der Waals surface area contributed by atoms with E-state index < -0.39 is 4.92 Å². The third-order valence-electron chi connectivity index (χ3n) is 2.29. The third-order valence-corrected chi connectivity index (χ3v) is 2.85. The lowest BCUT2D eigenvalue weighted by Gasteiger charge is -2.03. The number of rotatable bonds is 8. The Morgan fingerprint density at radius 3 is 3.00 bits per heavy atom. The van der Waals surface area contributed by atoms with Crippen molar-refractivity contribution in [3.63, 3.8) is 0 Å². The molecule has 0 aliphatic carbocycles. The van der Waals surface area contributed by atoms with Crippen molar-refractivity contribution in [1.82, 2.24) is 15.1 Å². The van der Waals surface area contributed by atoms with E-state index in [4.69, 9.17) is 4.74 Å². The lowest BCUT2D eigenvalue weighted by atomic mass is 10.3. The van der Waals surface area contributed by atoms with Gasteiger partial charge >= 0.3 is 5.82 Å². The molecule has 0 saturated heterocycles. The smallest absolute Gasteiger partial charge is 0.385 e. The van der Waals surface area contributed by atoms with E-state index in [9.17, 15) is 14.9 Å². The lowest BCUT2D eigenvalue weighted by molar-refractivity contribution is -0.390. The molecule has 0 bridgehead atoms. The molecule has 106 valence electrons. The fourth-order valence-corrected chi connectivity index (χ4v) is 1.83. The molecular formula is C10H15BrN4O4. The highest BCUT2D eigenvalue weighted by molar-refractivity contribution is 9.10. The number of ether oxygens (including phenoxy) is 1. The van der Waals surface area contributed by atoms with Gasteiger partial charge in [0.05, 0.1) is 17.8 Å². The maximum absolute atomic E-state index is 11.5. The Bertz CT molecular complexity index is 449. The average molecular weight is 335 g/mol. The summed E-state index contributed by atoms with van der Waals surface area (Å²) in [5.41, 5.74) is 0. The molecule has 9 heteroatoms. The molecule has 1 amide bonds. The minimum absolute atomic E-state index is 0.120. The minimum atomic E-state index is -0.578. The van der Waals surface area contributed by atoms with Gasteiger partial charge in [-0.15, -0.1) is 0 Å². The Balaban J connectivity index is 2.34. The van der Waals surface area contributed by atoms with Gasteiger partial charge in [0.25, 0.3) is 0 Å². The van der Waals surface area contributed by atoms with Crippen LogP contribution in [0.25, 0.3) is 0 Å². The lowest BCUT2D eigenvalue weighted by Crippen LogP contribution is -2.26. The van der Waals surface area contributed by atoms with E-state index >= 15 is 0 Å². The maximum atomic E-state index is 11.5. The van der Waals surface area contributed by atoms with Crippen molar-refractivity contribution in [1.29, 1.82) is 0 Å². The van der Waals surface area contributed by atoms with E-state index in [0.717, 1.165) is 6.42 Å². The number of amides is 1. The molecule has 8 nitrogen and oxygen atoms in total. The molecule has 19 heavy (non-hydrogen) atoms. The van der Waals surface area contributed by atoms with Gasteiger partial charge in [-0.05, 0) is 27.3 Å². The van der Waals surface area contributed by atoms with Crippen molar-refractivity contribution in [3.8, 4) is 0 Å². The second-order valence-corrected chi connectivity index (χ2v) is 4.62. The molecule has 1 rings (SSSR count). The molecule has 0 spiro atoms. The molecule has 0 atom stereocenters. The summed E-state index contributed by atoms with van der Waals surface area (Å²) >= 11 is 3.04. The number of carbonyl (C=O) groups excluding carboxylic acids is 1.